The van der Waals surface area contributed by atoms with E-state index >= 15 is 0 Å². The van der Waals surface area contributed by atoms with E-state index < -0.39 is 0 Å². The molecule has 2 rings (SSSR count). The summed E-state index contributed by atoms with van der Waals surface area (Å²) in [5, 5.41) is 0. The van der Waals surface area contributed by atoms with Crippen LogP contribution in [0.4, 0.5) is 0 Å². The van der Waals surface area contributed by atoms with E-state index in [9.17, 15) is 0 Å². The van der Waals surface area contributed by atoms with Crippen LogP contribution in [0.2, 0.25) is 0 Å². The van der Waals surface area contributed by atoms with Crippen LogP contribution in [-0.4, -0.2) is 7.11 Å². The number of hydrogen-bond donors (Lipinski definition) is 1. The molecule has 0 radical (unpaired) electrons. The zero-order valence-electron chi connectivity index (χ0n) is 7.92. The summed E-state index contributed by atoms with van der Waals surface area (Å²) in [6, 6.07) is 5.96. The van der Waals surface area contributed by atoms with Crippen LogP contribution in [0, 0.1) is 0 Å². The predicted octanol–water partition coefficient (Wildman–Crippen LogP) is 2.83. The van der Waals surface area contributed by atoms with Crippen molar-refractivity contribution < 1.29 is 4.74 Å². The summed E-state index contributed by atoms with van der Waals surface area (Å²) in [6.45, 7) is 0. The fraction of sp³-hybridized carbons (Fsp3) is 0.400. The van der Waals surface area contributed by atoms with Gasteiger partial charge < -0.3 is 10.5 Å². The Labute approximate surface area is 98.4 Å². The molecule has 1 aliphatic rings. The largest absolute Gasteiger partial charge is 0.496 e. The van der Waals surface area contributed by atoms with E-state index in [0.717, 1.165) is 28.6 Å². The second kappa shape index (κ2) is 4.09. The Morgan fingerprint density at radius 1 is 1.43 bits per heavy atom. The first-order valence-corrected chi connectivity index (χ1v) is 5.08. The van der Waals surface area contributed by atoms with Gasteiger partial charge in [-0.1, -0.05) is 15.9 Å². The van der Waals surface area contributed by atoms with Crippen molar-refractivity contribution in [3.05, 3.63) is 28.2 Å². The first-order chi connectivity index (χ1) is 6.15. The van der Waals surface area contributed by atoms with Gasteiger partial charge in [0.2, 0.25) is 0 Å². The van der Waals surface area contributed by atoms with Gasteiger partial charge in [-0.15, -0.1) is 12.4 Å². The molecule has 0 saturated heterocycles. The Morgan fingerprint density at radius 3 is 2.57 bits per heavy atom. The van der Waals surface area contributed by atoms with Gasteiger partial charge in [0.1, 0.15) is 5.75 Å². The van der Waals surface area contributed by atoms with Gasteiger partial charge in [0, 0.05) is 15.6 Å². The molecule has 2 N–H and O–H groups in total. The first-order valence-electron chi connectivity index (χ1n) is 4.29. The molecule has 1 fully saturated rings. The van der Waals surface area contributed by atoms with Gasteiger partial charge in [0.05, 0.1) is 7.11 Å². The number of ether oxygens (including phenoxy) is 1. The fourth-order valence-corrected chi connectivity index (χ4v) is 1.83. The predicted molar refractivity (Wildman–Crippen MR) is 63.0 cm³/mol. The summed E-state index contributed by atoms with van der Waals surface area (Å²) in [6.07, 6.45) is 2.11. The Morgan fingerprint density at radius 2 is 2.07 bits per heavy atom. The second-order valence-electron chi connectivity index (χ2n) is 3.50. The summed E-state index contributed by atoms with van der Waals surface area (Å²) in [4.78, 5) is 0. The SMILES string of the molecule is COc1ccc(Br)cc1C1(N)CC1.Cl. The number of methoxy groups -OCH3 is 1. The van der Waals surface area contributed by atoms with Crippen molar-refractivity contribution in [3.63, 3.8) is 0 Å². The zero-order valence-corrected chi connectivity index (χ0v) is 10.3. The Hall–Kier alpha value is -0.250. The molecule has 0 bridgehead atoms. The van der Waals surface area contributed by atoms with Gasteiger partial charge in [-0.2, -0.15) is 0 Å². The minimum Gasteiger partial charge on any atom is -0.496 e. The highest BCUT2D eigenvalue weighted by molar-refractivity contribution is 9.10. The van der Waals surface area contributed by atoms with Gasteiger partial charge >= 0.3 is 0 Å². The van der Waals surface area contributed by atoms with E-state index in [4.69, 9.17) is 10.5 Å². The smallest absolute Gasteiger partial charge is 0.123 e. The van der Waals surface area contributed by atoms with Crippen LogP contribution in [0.1, 0.15) is 18.4 Å². The van der Waals surface area contributed by atoms with Gasteiger partial charge in [0.15, 0.2) is 0 Å². The van der Waals surface area contributed by atoms with Crippen molar-refractivity contribution in [2.75, 3.05) is 7.11 Å². The van der Waals surface area contributed by atoms with Gasteiger partial charge in [-0.3, -0.25) is 0 Å². The zero-order chi connectivity index (χ0) is 9.47. The van der Waals surface area contributed by atoms with E-state index in [1.165, 1.54) is 0 Å². The topological polar surface area (TPSA) is 35.2 Å². The third-order valence-electron chi connectivity index (χ3n) is 2.49. The van der Waals surface area contributed by atoms with Crippen molar-refractivity contribution in [3.8, 4) is 5.75 Å². The molecular weight excluding hydrogens is 265 g/mol. The Balaban J connectivity index is 0.000000980. The molecule has 0 amide bonds. The monoisotopic (exact) mass is 277 g/mol. The highest BCUT2D eigenvalue weighted by Crippen LogP contribution is 2.47. The number of hydrogen-bond acceptors (Lipinski definition) is 2. The van der Waals surface area contributed by atoms with Crippen LogP contribution in [0.15, 0.2) is 22.7 Å². The molecule has 0 aliphatic heterocycles. The molecule has 1 aromatic carbocycles. The number of benzene rings is 1. The van der Waals surface area contributed by atoms with Crippen molar-refractivity contribution >= 4 is 28.3 Å². The second-order valence-corrected chi connectivity index (χ2v) is 4.42. The number of halogens is 2. The third-order valence-corrected chi connectivity index (χ3v) is 2.98. The molecule has 1 saturated carbocycles. The van der Waals surface area contributed by atoms with Crippen LogP contribution in [-0.2, 0) is 5.54 Å². The summed E-state index contributed by atoms with van der Waals surface area (Å²) in [5.41, 5.74) is 7.10. The molecule has 1 aliphatic carbocycles. The minimum absolute atomic E-state index is 0. The molecule has 2 nitrogen and oxygen atoms in total. The lowest BCUT2D eigenvalue weighted by atomic mass is 10.1. The highest BCUT2D eigenvalue weighted by atomic mass is 79.9. The lowest BCUT2D eigenvalue weighted by molar-refractivity contribution is 0.404. The first kappa shape index (κ1) is 11.8. The molecule has 0 aromatic heterocycles. The number of rotatable bonds is 2. The van der Waals surface area contributed by atoms with Crippen LogP contribution in [0.25, 0.3) is 0 Å². The summed E-state index contributed by atoms with van der Waals surface area (Å²) in [7, 11) is 1.68. The molecule has 0 spiro atoms. The maximum atomic E-state index is 6.11. The van der Waals surface area contributed by atoms with E-state index in [-0.39, 0.29) is 17.9 Å². The van der Waals surface area contributed by atoms with Crippen LogP contribution < -0.4 is 10.5 Å². The quantitative estimate of drug-likeness (QED) is 0.903. The summed E-state index contributed by atoms with van der Waals surface area (Å²) < 4.78 is 6.32. The lowest BCUT2D eigenvalue weighted by Crippen LogP contribution is -2.19. The molecule has 14 heavy (non-hydrogen) atoms. The molecule has 1 aromatic rings. The van der Waals surface area contributed by atoms with Crippen molar-refractivity contribution in [2.45, 2.75) is 18.4 Å². The van der Waals surface area contributed by atoms with E-state index in [1.54, 1.807) is 7.11 Å². The standard InChI is InChI=1S/C10H12BrNO.ClH/c1-13-9-3-2-7(11)6-8(9)10(12)4-5-10;/h2-3,6H,4-5,12H2,1H3;1H. The molecule has 0 unspecified atom stereocenters. The maximum absolute atomic E-state index is 6.11. The molecule has 78 valence electrons. The lowest BCUT2D eigenvalue weighted by Gasteiger charge is -2.14. The van der Waals surface area contributed by atoms with Crippen LogP contribution in [0.5, 0.6) is 5.75 Å². The van der Waals surface area contributed by atoms with Gasteiger partial charge in [-0.25, -0.2) is 0 Å². The van der Waals surface area contributed by atoms with E-state index in [1.807, 2.05) is 18.2 Å². The van der Waals surface area contributed by atoms with Crippen molar-refractivity contribution in [1.29, 1.82) is 0 Å². The van der Waals surface area contributed by atoms with Crippen molar-refractivity contribution in [2.24, 2.45) is 5.73 Å². The maximum Gasteiger partial charge on any atom is 0.123 e. The normalized spacial score (nSPS) is 17.1. The van der Waals surface area contributed by atoms with Crippen LogP contribution in [0.3, 0.4) is 0 Å². The number of nitrogens with two attached hydrogens (primary N) is 1. The van der Waals surface area contributed by atoms with Gasteiger partial charge in [0.25, 0.3) is 0 Å². The molecule has 0 heterocycles. The Kier molecular flexibility index (Phi) is 3.45. The molecule has 4 heteroatoms. The highest BCUT2D eigenvalue weighted by Gasteiger charge is 2.42. The van der Waals surface area contributed by atoms with E-state index in [2.05, 4.69) is 15.9 Å². The van der Waals surface area contributed by atoms with Gasteiger partial charge in [-0.05, 0) is 31.0 Å². The third kappa shape index (κ3) is 2.05. The molecule has 0 atom stereocenters. The summed E-state index contributed by atoms with van der Waals surface area (Å²) in [5.74, 6) is 0.892. The Bertz CT molecular complexity index is 339. The van der Waals surface area contributed by atoms with E-state index in [0.29, 0.717) is 0 Å². The summed E-state index contributed by atoms with van der Waals surface area (Å²) >= 11 is 3.43. The average molecular weight is 279 g/mol. The van der Waals surface area contributed by atoms with Crippen LogP contribution >= 0.6 is 28.3 Å². The molecular formula is C10H13BrClNO. The average Bonchev–Trinajstić information content (AvgIpc) is 2.85. The minimum atomic E-state index is -0.130. The van der Waals surface area contributed by atoms with Crippen molar-refractivity contribution in [1.82, 2.24) is 0 Å². The fourth-order valence-electron chi connectivity index (χ4n) is 1.47.